The number of hydrogen-bond acceptors (Lipinski definition) is 1. The van der Waals surface area contributed by atoms with E-state index in [1.54, 1.807) is 16.7 Å². The second-order valence-electron chi connectivity index (χ2n) is 6.44. The number of benzene rings is 4. The maximum absolute atomic E-state index is 8.78. The van der Waals surface area contributed by atoms with E-state index in [4.69, 9.17) is 14.2 Å². The zero-order valence-electron chi connectivity index (χ0n) is 21.1. The fourth-order valence-electron chi connectivity index (χ4n) is 3.85. The number of fused-ring (bicyclic) bond motifs is 5. The minimum Gasteiger partial charge on any atom is -0.551 e. The molecule has 0 fully saturated rings. The Hall–Kier alpha value is -3.46. The summed E-state index contributed by atoms with van der Waals surface area (Å²) in [6.45, 7) is -0.760. The van der Waals surface area contributed by atoms with Gasteiger partial charge in [0, 0.05) is 16.5 Å². The Morgan fingerprint density at radius 2 is 1.52 bits per heavy atom. The van der Waals surface area contributed by atoms with Gasteiger partial charge in [-0.15, -0.1) is 0 Å². The fraction of sp³-hybridized carbons (Fsp3) is 0. The Morgan fingerprint density at radius 1 is 0.741 bits per heavy atom. The van der Waals surface area contributed by atoms with E-state index in [2.05, 4.69) is 0 Å². The van der Waals surface area contributed by atoms with Crippen molar-refractivity contribution in [3.05, 3.63) is 96.9 Å². The molecule has 3 heteroatoms. The summed E-state index contributed by atoms with van der Waals surface area (Å²) < 4.78 is 67.7. The first kappa shape index (κ1) is 9.47. The molecule has 0 saturated carbocycles. The number of hydrogen-bond donors (Lipinski definition) is 0. The van der Waals surface area contributed by atoms with Gasteiger partial charge in [-0.05, 0) is 35.2 Å². The fourth-order valence-corrected chi connectivity index (χ4v) is 3.85. The lowest BCUT2D eigenvalue weighted by atomic mass is 9.53. The van der Waals surface area contributed by atoms with Crippen molar-refractivity contribution in [1.82, 2.24) is 4.57 Å². The van der Waals surface area contributed by atoms with Gasteiger partial charge in [-0.25, -0.2) is 0 Å². The highest BCUT2D eigenvalue weighted by Gasteiger charge is 2.35. The molecule has 0 bridgehead atoms. The normalized spacial score (nSPS) is 16.0. The average Bonchev–Trinajstić information content (AvgIpc) is 3.21. The highest BCUT2D eigenvalue weighted by atomic mass is 16.4. The lowest BCUT2D eigenvalue weighted by Gasteiger charge is -2.26. The van der Waals surface area contributed by atoms with Gasteiger partial charge in [-0.3, -0.25) is 0 Å². The van der Waals surface area contributed by atoms with Crippen LogP contribution in [0.15, 0.2) is 96.9 Å². The molecule has 0 aliphatic carbocycles. The summed E-state index contributed by atoms with van der Waals surface area (Å²) in [6.07, 6.45) is 0. The van der Waals surface area contributed by atoms with Crippen LogP contribution in [-0.2, 0) is 0 Å². The molecule has 1 aliphatic heterocycles. The van der Waals surface area contributed by atoms with Crippen molar-refractivity contribution >= 4 is 39.6 Å². The Bertz CT molecular complexity index is 1670. The summed E-state index contributed by atoms with van der Waals surface area (Å²) in [4.78, 5) is 0. The van der Waals surface area contributed by atoms with Crippen molar-refractivity contribution in [3.8, 4) is 11.4 Å². The molecule has 0 spiro atoms. The summed E-state index contributed by atoms with van der Waals surface area (Å²) >= 11 is 0. The van der Waals surface area contributed by atoms with E-state index < -0.39 is 13.0 Å². The van der Waals surface area contributed by atoms with Crippen molar-refractivity contribution in [2.24, 2.45) is 0 Å². The first-order valence-electron chi connectivity index (χ1n) is 12.2. The van der Waals surface area contributed by atoms with E-state index in [1.165, 1.54) is 0 Å². The molecule has 0 unspecified atom stereocenters. The van der Waals surface area contributed by atoms with Gasteiger partial charge in [0.25, 0.3) is 0 Å². The van der Waals surface area contributed by atoms with Gasteiger partial charge < -0.3 is 9.22 Å². The van der Waals surface area contributed by atoms with E-state index in [9.17, 15) is 0 Å². The van der Waals surface area contributed by atoms with Crippen LogP contribution in [0.25, 0.3) is 27.5 Å². The second-order valence-corrected chi connectivity index (χ2v) is 6.44. The molecule has 0 atom stereocenters. The van der Waals surface area contributed by atoms with Gasteiger partial charge in [-0.2, -0.15) is 0 Å². The molecule has 0 amide bonds. The minimum absolute atomic E-state index is 0.160. The summed E-state index contributed by atoms with van der Waals surface area (Å²) in [5.74, 6) is 0.574. The summed E-state index contributed by atoms with van der Waals surface area (Å²) in [7, 11) is 0. The molecular formula is C24H16BNO. The molecule has 4 aromatic carbocycles. The van der Waals surface area contributed by atoms with Crippen LogP contribution in [0.5, 0.6) is 5.75 Å². The first-order valence-corrected chi connectivity index (χ1v) is 8.68. The van der Waals surface area contributed by atoms with Gasteiger partial charge in [0.05, 0.1) is 26.4 Å². The molecule has 126 valence electrons. The maximum Gasteiger partial charge on any atom is 0.430 e. The molecule has 0 N–H and O–H groups in total. The molecule has 2 heterocycles. The van der Waals surface area contributed by atoms with Gasteiger partial charge in [0.2, 0.25) is 0 Å². The largest absolute Gasteiger partial charge is 0.551 e. The van der Waals surface area contributed by atoms with Gasteiger partial charge in [0.15, 0.2) is 0 Å². The zero-order valence-corrected chi connectivity index (χ0v) is 14.1. The molecule has 0 radical (unpaired) electrons. The van der Waals surface area contributed by atoms with E-state index in [-0.39, 0.29) is 52.5 Å². The predicted molar refractivity (Wildman–Crippen MR) is 113 cm³/mol. The minimum atomic E-state index is -0.760. The first-order chi connectivity index (χ1) is 16.3. The highest BCUT2D eigenvalue weighted by molar-refractivity contribution is 6.84. The van der Waals surface area contributed by atoms with Crippen molar-refractivity contribution in [1.29, 1.82) is 0 Å². The molecular weight excluding hydrogens is 329 g/mol. The number of para-hydroxylation sites is 4. The number of aromatic nitrogens is 1. The SMILES string of the molecule is [2H]c1c([2H])c([2H])c2c(c1[2H])c1c([2H])c([2H])c([2H])c3c1n2-c1ccccc1B3Oc1ccccc1. The number of nitrogens with zero attached hydrogens (tertiary/aromatic N) is 1. The molecule has 1 aromatic heterocycles. The second kappa shape index (κ2) is 5.52. The van der Waals surface area contributed by atoms with Crippen LogP contribution in [0.2, 0.25) is 0 Å². The van der Waals surface area contributed by atoms with Gasteiger partial charge in [-0.1, -0.05) is 72.7 Å². The van der Waals surface area contributed by atoms with Crippen molar-refractivity contribution in [2.45, 2.75) is 0 Å². The summed E-state index contributed by atoms with van der Waals surface area (Å²) in [5, 5.41) is 0.407. The van der Waals surface area contributed by atoms with Crippen LogP contribution >= 0.6 is 0 Å². The van der Waals surface area contributed by atoms with Crippen molar-refractivity contribution in [3.63, 3.8) is 0 Å². The van der Waals surface area contributed by atoms with Crippen LogP contribution in [0.4, 0.5) is 0 Å². The lowest BCUT2D eigenvalue weighted by Crippen LogP contribution is -2.52. The predicted octanol–water partition coefficient (Wildman–Crippen LogP) is 4.28. The van der Waals surface area contributed by atoms with Crippen LogP contribution in [0.1, 0.15) is 9.60 Å². The third-order valence-electron chi connectivity index (χ3n) is 4.96. The smallest absolute Gasteiger partial charge is 0.430 e. The van der Waals surface area contributed by atoms with Crippen LogP contribution in [0, 0.1) is 0 Å². The molecule has 2 nitrogen and oxygen atoms in total. The number of rotatable bonds is 2. The molecule has 1 aliphatic rings. The Kier molecular flexibility index (Phi) is 1.94. The van der Waals surface area contributed by atoms with Crippen molar-refractivity contribution < 1.29 is 14.2 Å². The lowest BCUT2D eigenvalue weighted by molar-refractivity contribution is 0.591. The van der Waals surface area contributed by atoms with Gasteiger partial charge >= 0.3 is 6.92 Å². The van der Waals surface area contributed by atoms with E-state index >= 15 is 0 Å². The van der Waals surface area contributed by atoms with E-state index in [0.717, 1.165) is 0 Å². The summed E-state index contributed by atoms with van der Waals surface area (Å²) in [5.41, 5.74) is 2.36. The Balaban J connectivity index is 1.87. The molecule has 6 rings (SSSR count). The molecule has 27 heavy (non-hydrogen) atoms. The summed E-state index contributed by atoms with van der Waals surface area (Å²) in [6, 6.07) is 14.5. The Morgan fingerprint density at radius 3 is 2.44 bits per heavy atom. The third kappa shape index (κ3) is 2.03. The van der Waals surface area contributed by atoms with Crippen LogP contribution in [0.3, 0.4) is 0 Å². The van der Waals surface area contributed by atoms with E-state index in [1.807, 2.05) is 42.5 Å². The van der Waals surface area contributed by atoms with Gasteiger partial charge in [0.1, 0.15) is 0 Å². The molecule has 0 saturated heterocycles. The standard InChI is InChI=1S/C24H16BNO/c1-2-9-17(10-3-1)27-25-20-13-5-7-16-23(20)26-22-15-6-4-11-18(22)19-12-8-14-21(25)24(19)26/h1-16H/i4D,6D,8D,11D,12D,14D,15D. The Labute approximate surface area is 167 Å². The van der Waals surface area contributed by atoms with Crippen molar-refractivity contribution in [2.75, 3.05) is 0 Å². The topological polar surface area (TPSA) is 14.2 Å². The monoisotopic (exact) mass is 352 g/mol. The third-order valence-corrected chi connectivity index (χ3v) is 4.96. The average molecular weight is 352 g/mol. The highest BCUT2D eigenvalue weighted by Crippen LogP contribution is 2.33. The molecule has 5 aromatic rings. The van der Waals surface area contributed by atoms with Crippen LogP contribution < -0.4 is 15.6 Å². The maximum atomic E-state index is 8.78. The van der Waals surface area contributed by atoms with E-state index in [0.29, 0.717) is 27.9 Å². The zero-order chi connectivity index (χ0) is 23.9. The van der Waals surface area contributed by atoms with Crippen LogP contribution in [-0.4, -0.2) is 11.5 Å². The quantitative estimate of drug-likeness (QED) is 0.433.